The van der Waals surface area contributed by atoms with Gasteiger partial charge in [0.15, 0.2) is 5.79 Å². The van der Waals surface area contributed by atoms with Crippen molar-refractivity contribution in [1.82, 2.24) is 10.3 Å². The molecule has 2 aliphatic rings. The van der Waals surface area contributed by atoms with Crippen LogP contribution in [0, 0.1) is 0 Å². The van der Waals surface area contributed by atoms with Crippen LogP contribution in [0.4, 0.5) is 4.79 Å². The molecule has 2 aliphatic heterocycles. The maximum Gasteiger partial charge on any atom is 0.407 e. The molecular weight excluding hydrogens is 464 g/mol. The average Bonchev–Trinajstić information content (AvgIpc) is 3.15. The molecule has 1 aromatic heterocycles. The Bertz CT molecular complexity index is 1050. The molecule has 0 saturated carbocycles. The fourth-order valence-electron chi connectivity index (χ4n) is 4.60. The van der Waals surface area contributed by atoms with Gasteiger partial charge in [0.25, 0.3) is 0 Å². The first-order valence-corrected chi connectivity index (χ1v) is 12.5. The van der Waals surface area contributed by atoms with Gasteiger partial charge in [-0.05, 0) is 71.7 Å². The lowest BCUT2D eigenvalue weighted by molar-refractivity contribution is -0.149. The number of fused-ring (bicyclic) bond motifs is 1. The highest BCUT2D eigenvalue weighted by Gasteiger charge is 2.39. The van der Waals surface area contributed by atoms with Gasteiger partial charge in [-0.3, -0.25) is 4.98 Å². The van der Waals surface area contributed by atoms with Gasteiger partial charge in [-0.15, -0.1) is 0 Å². The van der Waals surface area contributed by atoms with Crippen LogP contribution in [0.1, 0.15) is 53.9 Å². The van der Waals surface area contributed by atoms with Crippen molar-refractivity contribution in [2.24, 2.45) is 0 Å². The summed E-state index contributed by atoms with van der Waals surface area (Å²) in [4.78, 5) is 16.9. The first-order chi connectivity index (χ1) is 17.0. The van der Waals surface area contributed by atoms with Crippen LogP contribution in [-0.4, -0.2) is 67.1 Å². The Kier molecular flexibility index (Phi) is 7.92. The van der Waals surface area contributed by atoms with Crippen molar-refractivity contribution >= 4 is 17.0 Å². The van der Waals surface area contributed by atoms with E-state index in [0.29, 0.717) is 19.6 Å². The molecule has 1 aromatic carbocycles. The first-order valence-electron chi connectivity index (χ1n) is 12.5. The molecule has 2 fully saturated rings. The lowest BCUT2D eigenvalue weighted by Crippen LogP contribution is -2.52. The largest absolute Gasteiger partial charge is 0.497 e. The topological polar surface area (TPSA) is 97.4 Å². The molecule has 1 N–H and O–H groups in total. The van der Waals surface area contributed by atoms with E-state index in [9.17, 15) is 4.79 Å². The Morgan fingerprint density at radius 2 is 2.00 bits per heavy atom. The summed E-state index contributed by atoms with van der Waals surface area (Å²) in [6.07, 6.45) is 2.81. The fourth-order valence-corrected chi connectivity index (χ4v) is 4.60. The summed E-state index contributed by atoms with van der Waals surface area (Å²) < 4.78 is 35.3. The number of rotatable bonds is 7. The lowest BCUT2D eigenvalue weighted by atomic mass is 9.95. The van der Waals surface area contributed by atoms with E-state index in [1.165, 1.54) is 0 Å². The fraction of sp³-hybridized carbons (Fsp3) is 0.630. The molecule has 3 heterocycles. The summed E-state index contributed by atoms with van der Waals surface area (Å²) in [5.74, 6) is 0.841. The van der Waals surface area contributed by atoms with Gasteiger partial charge in [0.2, 0.25) is 0 Å². The minimum Gasteiger partial charge on any atom is -0.497 e. The van der Waals surface area contributed by atoms with Crippen molar-refractivity contribution in [2.75, 3.05) is 20.3 Å². The van der Waals surface area contributed by atoms with Gasteiger partial charge in [0.05, 0.1) is 43.6 Å². The molecular formula is C27H38N2O7. The maximum atomic E-state index is 12.5. The van der Waals surface area contributed by atoms with Gasteiger partial charge < -0.3 is 33.7 Å². The third kappa shape index (κ3) is 6.99. The van der Waals surface area contributed by atoms with E-state index in [-0.39, 0.29) is 24.4 Å². The molecule has 0 bridgehead atoms. The van der Waals surface area contributed by atoms with E-state index in [4.69, 9.17) is 28.4 Å². The molecule has 9 nitrogen and oxygen atoms in total. The Labute approximate surface area is 212 Å². The Morgan fingerprint density at radius 1 is 1.19 bits per heavy atom. The van der Waals surface area contributed by atoms with E-state index in [1.54, 1.807) is 13.3 Å². The van der Waals surface area contributed by atoms with Crippen molar-refractivity contribution in [1.29, 1.82) is 0 Å². The second kappa shape index (κ2) is 10.8. The number of benzene rings is 1. The van der Waals surface area contributed by atoms with Gasteiger partial charge in [0, 0.05) is 18.0 Å². The van der Waals surface area contributed by atoms with E-state index in [2.05, 4.69) is 10.3 Å². The molecule has 0 radical (unpaired) electrons. The van der Waals surface area contributed by atoms with Crippen LogP contribution < -0.4 is 14.8 Å². The van der Waals surface area contributed by atoms with Crippen LogP contribution in [0.2, 0.25) is 0 Å². The number of ether oxygens (including phenoxy) is 6. The summed E-state index contributed by atoms with van der Waals surface area (Å²) >= 11 is 0. The van der Waals surface area contributed by atoms with Crippen LogP contribution in [0.15, 0.2) is 30.5 Å². The molecule has 2 aromatic rings. The van der Waals surface area contributed by atoms with E-state index >= 15 is 0 Å². The molecule has 4 atom stereocenters. The molecule has 36 heavy (non-hydrogen) atoms. The number of amides is 1. The lowest BCUT2D eigenvalue weighted by Gasteiger charge is -2.38. The summed E-state index contributed by atoms with van der Waals surface area (Å²) in [5, 5.41) is 3.89. The zero-order valence-corrected chi connectivity index (χ0v) is 22.0. The van der Waals surface area contributed by atoms with Crippen LogP contribution in [0.25, 0.3) is 10.9 Å². The van der Waals surface area contributed by atoms with Crippen molar-refractivity contribution in [3.63, 3.8) is 0 Å². The molecule has 0 spiro atoms. The summed E-state index contributed by atoms with van der Waals surface area (Å²) in [5.41, 5.74) is 0.256. The minimum atomic E-state index is -0.626. The van der Waals surface area contributed by atoms with Crippen molar-refractivity contribution in [2.45, 2.75) is 89.6 Å². The quantitative estimate of drug-likeness (QED) is 0.587. The van der Waals surface area contributed by atoms with Crippen LogP contribution in [0.3, 0.4) is 0 Å². The number of hydrogen-bond donors (Lipinski definition) is 1. The molecule has 4 rings (SSSR count). The number of nitrogens with one attached hydrogen (secondary N) is 1. The molecule has 0 aliphatic carbocycles. The van der Waals surface area contributed by atoms with E-state index in [0.717, 1.165) is 35.2 Å². The zero-order valence-electron chi connectivity index (χ0n) is 22.0. The second-order valence-corrected chi connectivity index (χ2v) is 10.8. The normalized spacial score (nSPS) is 25.9. The highest BCUT2D eigenvalue weighted by atomic mass is 16.7. The maximum absolute atomic E-state index is 12.5. The van der Waals surface area contributed by atoms with Crippen LogP contribution in [0.5, 0.6) is 11.5 Å². The predicted molar refractivity (Wildman–Crippen MR) is 134 cm³/mol. The first kappa shape index (κ1) is 26.4. The second-order valence-electron chi connectivity index (χ2n) is 10.8. The Balaban J connectivity index is 1.42. The standard InChI is InChI=1S/C27H38N2O7/c1-26(2,3)36-25(30)29-22-10-8-18(34-24(22)14-19-16-33-27(4,5)35-19)15-32-23-11-12-28-21-9-7-17(31-6)13-20(21)23/h7,9,11-13,18-19,22,24H,8,10,14-16H2,1-6H3,(H,29,30)/t18-,19+,22+,24-/m0/s1. The molecule has 2 saturated heterocycles. The number of pyridine rings is 1. The minimum absolute atomic E-state index is 0.121. The monoisotopic (exact) mass is 502 g/mol. The number of hydrogen-bond acceptors (Lipinski definition) is 8. The van der Waals surface area contributed by atoms with Gasteiger partial charge in [-0.1, -0.05) is 0 Å². The predicted octanol–water partition coefficient (Wildman–Crippen LogP) is 4.60. The number of nitrogens with zero attached hydrogens (tertiary/aromatic N) is 1. The Morgan fingerprint density at radius 3 is 2.69 bits per heavy atom. The van der Waals surface area contributed by atoms with Gasteiger partial charge in [-0.25, -0.2) is 4.79 Å². The number of carbonyl (C=O) groups is 1. The highest BCUT2D eigenvalue weighted by molar-refractivity contribution is 5.86. The van der Waals surface area contributed by atoms with Gasteiger partial charge >= 0.3 is 6.09 Å². The zero-order chi connectivity index (χ0) is 25.9. The number of alkyl carbamates (subject to hydrolysis) is 1. The third-order valence-electron chi connectivity index (χ3n) is 6.21. The number of methoxy groups -OCH3 is 1. The smallest absolute Gasteiger partial charge is 0.407 e. The Hall–Kier alpha value is -2.62. The van der Waals surface area contributed by atoms with Gasteiger partial charge in [-0.2, -0.15) is 0 Å². The number of aromatic nitrogens is 1. The summed E-state index contributed by atoms with van der Waals surface area (Å²) in [7, 11) is 1.63. The molecule has 9 heteroatoms. The third-order valence-corrected chi connectivity index (χ3v) is 6.21. The average molecular weight is 503 g/mol. The van der Waals surface area contributed by atoms with Crippen molar-refractivity contribution < 1.29 is 33.2 Å². The molecule has 198 valence electrons. The van der Waals surface area contributed by atoms with Gasteiger partial charge in [0.1, 0.15) is 23.7 Å². The highest BCUT2D eigenvalue weighted by Crippen LogP contribution is 2.32. The summed E-state index contributed by atoms with van der Waals surface area (Å²) in [6, 6.07) is 7.35. The molecule has 0 unspecified atom stereocenters. The van der Waals surface area contributed by atoms with Crippen molar-refractivity contribution in [3.05, 3.63) is 30.5 Å². The number of carbonyl (C=O) groups excluding carboxylic acids is 1. The molecule has 1 amide bonds. The van der Waals surface area contributed by atoms with E-state index < -0.39 is 17.5 Å². The SMILES string of the molecule is COc1ccc2nccc(OC[C@@H]3CC[C@@H](NC(=O)OC(C)(C)C)[C@H](C[C@@H]4COC(C)(C)O4)O3)c2c1. The van der Waals surface area contributed by atoms with E-state index in [1.807, 2.05) is 58.9 Å². The summed E-state index contributed by atoms with van der Waals surface area (Å²) in [6.45, 7) is 10.2. The van der Waals surface area contributed by atoms with Crippen LogP contribution >= 0.6 is 0 Å². The van der Waals surface area contributed by atoms with Crippen molar-refractivity contribution in [3.8, 4) is 11.5 Å². The van der Waals surface area contributed by atoms with Crippen LogP contribution in [-0.2, 0) is 18.9 Å².